The Morgan fingerprint density at radius 2 is 1.90 bits per heavy atom. The van der Waals surface area contributed by atoms with Gasteiger partial charge in [-0.3, -0.25) is 0 Å². The molecule has 0 radical (unpaired) electrons. The van der Waals surface area contributed by atoms with Gasteiger partial charge in [0.15, 0.2) is 11.5 Å². The van der Waals surface area contributed by atoms with Crippen LogP contribution in [0.5, 0.6) is 11.5 Å². The zero-order valence-corrected chi connectivity index (χ0v) is 12.5. The van der Waals surface area contributed by atoms with Gasteiger partial charge in [-0.25, -0.2) is 0 Å². The van der Waals surface area contributed by atoms with Gasteiger partial charge in [0.2, 0.25) is 0 Å². The molecule has 1 aromatic carbocycles. The molecule has 1 heterocycles. The van der Waals surface area contributed by atoms with E-state index >= 15 is 0 Å². The minimum atomic E-state index is 0.324. The quantitative estimate of drug-likeness (QED) is 0.880. The molecule has 20 heavy (non-hydrogen) atoms. The number of benzene rings is 1. The fourth-order valence-corrected chi connectivity index (χ4v) is 2.29. The average molecular weight is 274 g/mol. The first-order valence-corrected chi connectivity index (χ1v) is 6.72. The van der Waals surface area contributed by atoms with Crippen molar-refractivity contribution in [2.24, 2.45) is 0 Å². The Kier molecular flexibility index (Phi) is 4.69. The molecule has 0 aliphatic heterocycles. The van der Waals surface area contributed by atoms with E-state index in [1.165, 1.54) is 11.3 Å². The Bertz CT molecular complexity index is 563. The standard InChI is InChI=1S/C16H22N2O2/c1-12(17-2)14-6-5-9-18(14)11-13-7-8-15(19-3)16(10-13)20-4/h5-10,12,17H,11H2,1-4H3. The summed E-state index contributed by atoms with van der Waals surface area (Å²) in [6, 6.07) is 10.6. The lowest BCUT2D eigenvalue weighted by Crippen LogP contribution is -2.16. The number of aromatic nitrogens is 1. The Morgan fingerprint density at radius 3 is 2.55 bits per heavy atom. The van der Waals surface area contributed by atoms with Crippen LogP contribution < -0.4 is 14.8 Å². The van der Waals surface area contributed by atoms with Crippen LogP contribution in [0.4, 0.5) is 0 Å². The molecule has 1 N–H and O–H groups in total. The zero-order chi connectivity index (χ0) is 14.5. The molecule has 0 aliphatic carbocycles. The third-order valence-corrected chi connectivity index (χ3v) is 3.54. The summed E-state index contributed by atoms with van der Waals surface area (Å²) in [5.41, 5.74) is 2.45. The molecule has 1 aromatic heterocycles. The third kappa shape index (κ3) is 2.96. The average Bonchev–Trinajstić information content (AvgIpc) is 2.94. The lowest BCUT2D eigenvalue weighted by atomic mass is 10.2. The van der Waals surface area contributed by atoms with Crippen molar-refractivity contribution < 1.29 is 9.47 Å². The Hall–Kier alpha value is -1.94. The van der Waals surface area contributed by atoms with Crippen molar-refractivity contribution in [2.45, 2.75) is 19.5 Å². The van der Waals surface area contributed by atoms with E-state index in [9.17, 15) is 0 Å². The molecule has 0 bridgehead atoms. The van der Waals surface area contributed by atoms with Gasteiger partial charge < -0.3 is 19.4 Å². The largest absolute Gasteiger partial charge is 0.493 e. The van der Waals surface area contributed by atoms with E-state index < -0.39 is 0 Å². The molecule has 1 unspecified atom stereocenters. The Morgan fingerprint density at radius 1 is 1.15 bits per heavy atom. The van der Waals surface area contributed by atoms with Crippen molar-refractivity contribution in [3.8, 4) is 11.5 Å². The number of nitrogens with zero attached hydrogens (tertiary/aromatic N) is 1. The second-order valence-electron chi connectivity index (χ2n) is 4.76. The number of hydrogen-bond donors (Lipinski definition) is 1. The van der Waals surface area contributed by atoms with Gasteiger partial charge in [-0.05, 0) is 43.8 Å². The number of hydrogen-bond acceptors (Lipinski definition) is 3. The van der Waals surface area contributed by atoms with Gasteiger partial charge in [0.05, 0.1) is 14.2 Å². The van der Waals surface area contributed by atoms with Gasteiger partial charge >= 0.3 is 0 Å². The van der Waals surface area contributed by atoms with E-state index in [1.807, 2.05) is 19.2 Å². The number of ether oxygens (including phenoxy) is 2. The van der Waals surface area contributed by atoms with Crippen LogP contribution >= 0.6 is 0 Å². The molecule has 0 amide bonds. The molecular formula is C16H22N2O2. The van der Waals surface area contributed by atoms with Gasteiger partial charge in [0.25, 0.3) is 0 Å². The van der Waals surface area contributed by atoms with Crippen molar-refractivity contribution in [1.82, 2.24) is 9.88 Å². The summed E-state index contributed by atoms with van der Waals surface area (Å²) in [6.45, 7) is 2.97. The van der Waals surface area contributed by atoms with Gasteiger partial charge in [-0.15, -0.1) is 0 Å². The lowest BCUT2D eigenvalue weighted by Gasteiger charge is -2.16. The minimum absolute atomic E-state index is 0.324. The van der Waals surface area contributed by atoms with Gasteiger partial charge in [0, 0.05) is 24.5 Å². The first-order valence-electron chi connectivity index (χ1n) is 6.72. The first-order chi connectivity index (χ1) is 9.69. The zero-order valence-electron chi connectivity index (χ0n) is 12.5. The highest BCUT2D eigenvalue weighted by Gasteiger charge is 2.10. The van der Waals surface area contributed by atoms with E-state index in [-0.39, 0.29) is 0 Å². The highest BCUT2D eigenvalue weighted by molar-refractivity contribution is 5.43. The van der Waals surface area contributed by atoms with Gasteiger partial charge in [-0.1, -0.05) is 6.07 Å². The molecule has 4 nitrogen and oxygen atoms in total. The molecule has 4 heteroatoms. The van der Waals surface area contributed by atoms with Gasteiger partial charge in [0.1, 0.15) is 0 Å². The molecule has 2 aromatic rings. The maximum absolute atomic E-state index is 5.35. The van der Waals surface area contributed by atoms with E-state index in [2.05, 4.69) is 41.2 Å². The smallest absolute Gasteiger partial charge is 0.161 e. The van der Waals surface area contributed by atoms with Crippen LogP contribution in [-0.4, -0.2) is 25.8 Å². The van der Waals surface area contributed by atoms with Crippen LogP contribution in [0.2, 0.25) is 0 Å². The molecular weight excluding hydrogens is 252 g/mol. The van der Waals surface area contributed by atoms with Crippen molar-refractivity contribution in [1.29, 1.82) is 0 Å². The summed E-state index contributed by atoms with van der Waals surface area (Å²) in [5, 5.41) is 3.27. The van der Waals surface area contributed by atoms with Crippen LogP contribution in [0.1, 0.15) is 24.2 Å². The summed E-state index contributed by atoms with van der Waals surface area (Å²) in [5.74, 6) is 1.52. The predicted molar refractivity (Wildman–Crippen MR) is 80.6 cm³/mol. The van der Waals surface area contributed by atoms with Crippen molar-refractivity contribution in [2.75, 3.05) is 21.3 Å². The Labute approximate surface area is 120 Å². The van der Waals surface area contributed by atoms with Crippen LogP contribution in [0.3, 0.4) is 0 Å². The molecule has 0 fully saturated rings. The summed E-state index contributed by atoms with van der Waals surface area (Å²) in [4.78, 5) is 0. The molecule has 0 saturated carbocycles. The van der Waals surface area contributed by atoms with Crippen LogP contribution in [0.25, 0.3) is 0 Å². The van der Waals surface area contributed by atoms with E-state index in [4.69, 9.17) is 9.47 Å². The summed E-state index contributed by atoms with van der Waals surface area (Å²) in [6.07, 6.45) is 2.10. The summed E-state index contributed by atoms with van der Waals surface area (Å²) in [7, 11) is 5.28. The molecule has 0 spiro atoms. The van der Waals surface area contributed by atoms with E-state index in [0.29, 0.717) is 6.04 Å². The van der Waals surface area contributed by atoms with Gasteiger partial charge in [-0.2, -0.15) is 0 Å². The topological polar surface area (TPSA) is 35.4 Å². The first kappa shape index (κ1) is 14.5. The van der Waals surface area contributed by atoms with Crippen LogP contribution in [0.15, 0.2) is 36.5 Å². The summed E-state index contributed by atoms with van der Waals surface area (Å²) >= 11 is 0. The fourth-order valence-electron chi connectivity index (χ4n) is 2.29. The number of methoxy groups -OCH3 is 2. The van der Waals surface area contributed by atoms with Crippen LogP contribution in [0, 0.1) is 0 Å². The van der Waals surface area contributed by atoms with Crippen molar-refractivity contribution in [3.63, 3.8) is 0 Å². The molecule has 1 atom stereocenters. The highest BCUT2D eigenvalue weighted by Crippen LogP contribution is 2.28. The molecule has 0 saturated heterocycles. The van der Waals surface area contributed by atoms with E-state index in [0.717, 1.165) is 18.0 Å². The SMILES string of the molecule is CNC(C)c1cccn1Cc1ccc(OC)c(OC)c1. The fraction of sp³-hybridized carbons (Fsp3) is 0.375. The highest BCUT2D eigenvalue weighted by atomic mass is 16.5. The van der Waals surface area contributed by atoms with Crippen LogP contribution in [-0.2, 0) is 6.54 Å². The second kappa shape index (κ2) is 6.48. The second-order valence-corrected chi connectivity index (χ2v) is 4.76. The molecule has 2 rings (SSSR count). The van der Waals surface area contributed by atoms with E-state index in [1.54, 1.807) is 14.2 Å². The number of nitrogens with one attached hydrogen (secondary N) is 1. The maximum Gasteiger partial charge on any atom is 0.161 e. The predicted octanol–water partition coefficient (Wildman–Crippen LogP) is 2.83. The monoisotopic (exact) mass is 274 g/mol. The van der Waals surface area contributed by atoms with Crippen molar-refractivity contribution in [3.05, 3.63) is 47.8 Å². The molecule has 0 aliphatic rings. The normalized spacial score (nSPS) is 12.2. The minimum Gasteiger partial charge on any atom is -0.493 e. The molecule has 108 valence electrons. The third-order valence-electron chi connectivity index (χ3n) is 3.54. The Balaban J connectivity index is 2.24. The van der Waals surface area contributed by atoms with Crippen molar-refractivity contribution >= 4 is 0 Å². The number of rotatable bonds is 6. The summed E-state index contributed by atoms with van der Waals surface area (Å²) < 4.78 is 12.9. The lowest BCUT2D eigenvalue weighted by molar-refractivity contribution is 0.354. The maximum atomic E-state index is 5.35.